The van der Waals surface area contributed by atoms with Gasteiger partial charge in [0.25, 0.3) is 5.91 Å². The molecule has 0 aliphatic carbocycles. The lowest BCUT2D eigenvalue weighted by atomic mass is 9.66. The molecule has 2 unspecified atom stereocenters. The van der Waals surface area contributed by atoms with Gasteiger partial charge in [0.2, 0.25) is 5.91 Å². The maximum absolute atomic E-state index is 14.4. The quantitative estimate of drug-likeness (QED) is 0.377. The Morgan fingerprint density at radius 3 is 2.66 bits per heavy atom. The van der Waals surface area contributed by atoms with Gasteiger partial charge >= 0.3 is 5.97 Å². The third-order valence-corrected chi connectivity index (χ3v) is 10.1. The largest absolute Gasteiger partial charge is 0.481 e. The van der Waals surface area contributed by atoms with Crippen molar-refractivity contribution in [3.05, 3.63) is 42.0 Å². The molecule has 3 aliphatic heterocycles. The standard InChI is InChI=1S/C27H36N2O5S/c1-5-13-28(19-16-17(2)9-10-18(19)3)24(32)22-27-12-11-26(4,35-27)21(25(33)34)20(27)23(31)29(22)14-7-6-8-15-30/h5,9-10,16,20-22,30H,1,6-8,11-15H2,2-4H3,(H,33,34)/t20-,21-,22?,26+,27?/m0/s1. The van der Waals surface area contributed by atoms with E-state index >= 15 is 0 Å². The summed E-state index contributed by atoms with van der Waals surface area (Å²) in [6.07, 6.45) is 5.03. The molecule has 0 radical (unpaired) electrons. The highest BCUT2D eigenvalue weighted by molar-refractivity contribution is 8.02. The van der Waals surface area contributed by atoms with Crippen molar-refractivity contribution >= 4 is 35.2 Å². The number of aliphatic carboxylic acids is 1. The minimum absolute atomic E-state index is 0.0813. The lowest BCUT2D eigenvalue weighted by molar-refractivity contribution is -0.150. The van der Waals surface area contributed by atoms with Gasteiger partial charge in [0.15, 0.2) is 0 Å². The van der Waals surface area contributed by atoms with Gasteiger partial charge < -0.3 is 20.0 Å². The summed E-state index contributed by atoms with van der Waals surface area (Å²) in [5.41, 5.74) is 2.78. The number of carbonyl (C=O) groups is 3. The zero-order valence-electron chi connectivity index (χ0n) is 20.8. The number of fused-ring (bicyclic) bond motifs is 1. The molecule has 2 N–H and O–H groups in total. The van der Waals surface area contributed by atoms with Crippen LogP contribution in [0.1, 0.15) is 50.2 Å². The van der Waals surface area contributed by atoms with E-state index in [1.165, 1.54) is 0 Å². The predicted molar refractivity (Wildman–Crippen MR) is 137 cm³/mol. The monoisotopic (exact) mass is 500 g/mol. The van der Waals surface area contributed by atoms with E-state index in [1.807, 2.05) is 39.0 Å². The minimum atomic E-state index is -0.953. The molecule has 190 valence electrons. The predicted octanol–water partition coefficient (Wildman–Crippen LogP) is 3.55. The number of carbonyl (C=O) groups excluding carboxylic acids is 2. The van der Waals surface area contributed by atoms with E-state index in [9.17, 15) is 24.6 Å². The van der Waals surface area contributed by atoms with Crippen molar-refractivity contribution in [2.24, 2.45) is 11.8 Å². The van der Waals surface area contributed by atoms with Crippen LogP contribution in [0.25, 0.3) is 0 Å². The van der Waals surface area contributed by atoms with Crippen LogP contribution in [0.5, 0.6) is 0 Å². The molecule has 1 aromatic carbocycles. The molecule has 3 fully saturated rings. The maximum atomic E-state index is 14.4. The van der Waals surface area contributed by atoms with Gasteiger partial charge in [-0.1, -0.05) is 18.2 Å². The molecular formula is C27H36N2O5S. The van der Waals surface area contributed by atoms with Crippen LogP contribution in [0.2, 0.25) is 0 Å². The number of carboxylic acid groups (broad SMARTS) is 1. The normalized spacial score (nSPS) is 31.0. The Bertz CT molecular complexity index is 1040. The lowest BCUT2D eigenvalue weighted by Crippen LogP contribution is -2.55. The summed E-state index contributed by atoms with van der Waals surface area (Å²) in [6, 6.07) is 5.24. The van der Waals surface area contributed by atoms with Crippen molar-refractivity contribution in [2.75, 3.05) is 24.6 Å². The Hall–Kier alpha value is -2.32. The van der Waals surface area contributed by atoms with Crippen LogP contribution >= 0.6 is 11.8 Å². The number of likely N-dealkylation sites (tertiary alicyclic amines) is 1. The smallest absolute Gasteiger partial charge is 0.308 e. The number of benzene rings is 1. The van der Waals surface area contributed by atoms with Crippen LogP contribution in [-0.4, -0.2) is 68.1 Å². The lowest BCUT2D eigenvalue weighted by Gasteiger charge is -2.37. The molecule has 2 bridgehead atoms. The average molecular weight is 501 g/mol. The van der Waals surface area contributed by atoms with E-state index in [-0.39, 0.29) is 18.4 Å². The molecule has 2 amide bonds. The molecule has 7 nitrogen and oxygen atoms in total. The number of hydrogen-bond acceptors (Lipinski definition) is 5. The fraction of sp³-hybridized carbons (Fsp3) is 0.593. The zero-order valence-corrected chi connectivity index (χ0v) is 21.6. The SMILES string of the molecule is C=CCN(C(=O)C1N(CCCCCO)C(=O)[C@@H]2[C@@H](C(=O)O)[C@@]3(C)CCC12S3)c1cc(C)ccc1C. The summed E-state index contributed by atoms with van der Waals surface area (Å²) in [7, 11) is 0. The summed E-state index contributed by atoms with van der Waals surface area (Å²) < 4.78 is -1.31. The van der Waals surface area contributed by atoms with Crippen LogP contribution in [0.3, 0.4) is 0 Å². The van der Waals surface area contributed by atoms with Gasteiger partial charge in [-0.2, -0.15) is 0 Å². The number of unbranched alkanes of at least 4 members (excludes halogenated alkanes) is 2. The van der Waals surface area contributed by atoms with Gasteiger partial charge in [-0.05, 0) is 70.1 Å². The molecule has 5 atom stereocenters. The third-order valence-electron chi connectivity index (χ3n) is 8.07. The highest BCUT2D eigenvalue weighted by atomic mass is 32.2. The first-order chi connectivity index (χ1) is 16.6. The van der Waals surface area contributed by atoms with Gasteiger partial charge in [-0.3, -0.25) is 14.4 Å². The van der Waals surface area contributed by atoms with Gasteiger partial charge in [0.1, 0.15) is 6.04 Å². The molecule has 35 heavy (non-hydrogen) atoms. The van der Waals surface area contributed by atoms with E-state index in [2.05, 4.69) is 6.58 Å². The van der Waals surface area contributed by atoms with E-state index in [0.29, 0.717) is 38.8 Å². The van der Waals surface area contributed by atoms with E-state index in [0.717, 1.165) is 23.2 Å². The number of anilines is 1. The van der Waals surface area contributed by atoms with Crippen molar-refractivity contribution in [2.45, 2.75) is 68.4 Å². The summed E-state index contributed by atoms with van der Waals surface area (Å²) in [5, 5.41) is 19.3. The Kier molecular flexibility index (Phi) is 7.08. The highest BCUT2D eigenvalue weighted by Gasteiger charge is 2.77. The second-order valence-electron chi connectivity index (χ2n) is 10.4. The molecule has 3 heterocycles. The van der Waals surface area contributed by atoms with Crippen molar-refractivity contribution in [1.82, 2.24) is 4.90 Å². The van der Waals surface area contributed by atoms with Crippen LogP contribution < -0.4 is 4.90 Å². The molecule has 4 rings (SSSR count). The first-order valence-corrected chi connectivity index (χ1v) is 13.3. The number of hydrogen-bond donors (Lipinski definition) is 2. The number of aliphatic hydroxyl groups excluding tert-OH is 1. The van der Waals surface area contributed by atoms with Crippen molar-refractivity contribution in [3.63, 3.8) is 0 Å². The Morgan fingerprint density at radius 1 is 1.26 bits per heavy atom. The third kappa shape index (κ3) is 4.08. The number of aliphatic hydroxyl groups is 1. The Balaban J connectivity index is 1.78. The number of carboxylic acids is 1. The fourth-order valence-corrected chi connectivity index (χ4v) is 8.83. The fourth-order valence-electron chi connectivity index (χ4n) is 6.49. The number of aryl methyl sites for hydroxylation is 2. The number of rotatable bonds is 10. The molecule has 3 saturated heterocycles. The second kappa shape index (κ2) is 9.62. The van der Waals surface area contributed by atoms with Crippen LogP contribution in [0.15, 0.2) is 30.9 Å². The first-order valence-electron chi connectivity index (χ1n) is 12.4. The molecule has 1 aromatic rings. The molecular weight excluding hydrogens is 464 g/mol. The highest BCUT2D eigenvalue weighted by Crippen LogP contribution is 2.71. The van der Waals surface area contributed by atoms with E-state index in [4.69, 9.17) is 0 Å². The van der Waals surface area contributed by atoms with Gasteiger partial charge in [-0.25, -0.2) is 0 Å². The van der Waals surface area contributed by atoms with Crippen LogP contribution in [-0.2, 0) is 14.4 Å². The van der Waals surface area contributed by atoms with Crippen molar-refractivity contribution in [3.8, 4) is 0 Å². The molecule has 0 saturated carbocycles. The summed E-state index contributed by atoms with van der Waals surface area (Å²) in [6.45, 7) is 10.5. The maximum Gasteiger partial charge on any atom is 0.308 e. The van der Waals surface area contributed by atoms with Gasteiger partial charge in [0, 0.05) is 30.1 Å². The van der Waals surface area contributed by atoms with E-state index < -0.39 is 33.3 Å². The molecule has 0 aromatic heterocycles. The van der Waals surface area contributed by atoms with Crippen molar-refractivity contribution < 1.29 is 24.6 Å². The Labute approximate surface area is 211 Å². The van der Waals surface area contributed by atoms with Crippen molar-refractivity contribution in [1.29, 1.82) is 0 Å². The average Bonchev–Trinajstić information content (AvgIpc) is 3.37. The second-order valence-corrected chi connectivity index (χ2v) is 12.3. The number of nitrogens with zero attached hydrogens (tertiary/aromatic N) is 2. The Morgan fingerprint density at radius 2 is 2.00 bits per heavy atom. The van der Waals surface area contributed by atoms with Gasteiger partial charge in [0.05, 0.1) is 16.6 Å². The topological polar surface area (TPSA) is 98.2 Å². The van der Waals surface area contributed by atoms with Crippen LogP contribution in [0, 0.1) is 25.7 Å². The van der Waals surface area contributed by atoms with E-state index in [1.54, 1.807) is 27.6 Å². The first kappa shape index (κ1) is 25.8. The molecule has 3 aliphatic rings. The van der Waals surface area contributed by atoms with Gasteiger partial charge in [-0.15, -0.1) is 18.3 Å². The number of amides is 2. The summed E-state index contributed by atoms with van der Waals surface area (Å²) >= 11 is 1.56. The summed E-state index contributed by atoms with van der Waals surface area (Å²) in [4.78, 5) is 44.1. The zero-order chi connectivity index (χ0) is 25.5. The molecule has 1 spiro atoms. The minimum Gasteiger partial charge on any atom is -0.481 e. The molecule has 8 heteroatoms. The number of thioether (sulfide) groups is 1. The summed E-state index contributed by atoms with van der Waals surface area (Å²) in [5.74, 6) is -2.85. The van der Waals surface area contributed by atoms with Crippen LogP contribution in [0.4, 0.5) is 5.69 Å².